The summed E-state index contributed by atoms with van der Waals surface area (Å²) in [6.07, 6.45) is 0.680. The lowest BCUT2D eigenvalue weighted by molar-refractivity contribution is 0.289. The molecule has 0 aliphatic carbocycles. The normalized spacial score (nSPS) is 14.5. The summed E-state index contributed by atoms with van der Waals surface area (Å²) in [4.78, 5) is 0.656. The molecule has 0 aliphatic heterocycles. The molecule has 0 radical (unpaired) electrons. The van der Waals surface area contributed by atoms with E-state index in [4.69, 9.17) is 5.11 Å². The highest BCUT2D eigenvalue weighted by Gasteiger charge is 2.11. The van der Waals surface area contributed by atoms with Gasteiger partial charge in [-0.25, -0.2) is 4.39 Å². The molecule has 2 unspecified atom stereocenters. The predicted octanol–water partition coefficient (Wildman–Crippen LogP) is 3.36. The van der Waals surface area contributed by atoms with Crippen LogP contribution in [0.2, 0.25) is 0 Å². The van der Waals surface area contributed by atoms with Crippen LogP contribution in [0.1, 0.15) is 38.8 Å². The SMILES string of the molecule is CCNC(C)c1ccc(SC(C)CCO)c(F)c1. The lowest BCUT2D eigenvalue weighted by Crippen LogP contribution is -2.17. The molecule has 2 N–H and O–H groups in total. The first-order chi connectivity index (χ1) is 8.58. The van der Waals surface area contributed by atoms with Crippen molar-refractivity contribution in [3.8, 4) is 0 Å². The zero-order chi connectivity index (χ0) is 13.5. The molecular weight excluding hydrogens is 249 g/mol. The molecule has 0 aromatic heterocycles. The monoisotopic (exact) mass is 271 g/mol. The van der Waals surface area contributed by atoms with Crippen molar-refractivity contribution in [2.45, 2.75) is 43.4 Å². The Morgan fingerprint density at radius 1 is 1.39 bits per heavy atom. The van der Waals surface area contributed by atoms with Gasteiger partial charge in [0.25, 0.3) is 0 Å². The van der Waals surface area contributed by atoms with Gasteiger partial charge in [0.2, 0.25) is 0 Å². The Balaban J connectivity index is 2.73. The highest BCUT2D eigenvalue weighted by Crippen LogP contribution is 2.29. The number of aliphatic hydroxyl groups is 1. The number of hydrogen-bond donors (Lipinski definition) is 2. The Morgan fingerprint density at radius 3 is 2.67 bits per heavy atom. The van der Waals surface area contributed by atoms with E-state index >= 15 is 0 Å². The first kappa shape index (κ1) is 15.5. The van der Waals surface area contributed by atoms with Crippen molar-refractivity contribution in [1.82, 2.24) is 5.32 Å². The number of halogens is 1. The molecule has 0 aliphatic rings. The molecule has 18 heavy (non-hydrogen) atoms. The van der Waals surface area contributed by atoms with Crippen molar-refractivity contribution in [2.24, 2.45) is 0 Å². The number of nitrogens with one attached hydrogen (secondary N) is 1. The number of thioether (sulfide) groups is 1. The Bertz CT molecular complexity index is 373. The van der Waals surface area contributed by atoms with E-state index in [0.29, 0.717) is 11.3 Å². The smallest absolute Gasteiger partial charge is 0.137 e. The van der Waals surface area contributed by atoms with Gasteiger partial charge in [-0.2, -0.15) is 0 Å². The van der Waals surface area contributed by atoms with Crippen LogP contribution < -0.4 is 5.32 Å². The second kappa shape index (κ2) is 7.77. The van der Waals surface area contributed by atoms with E-state index in [9.17, 15) is 4.39 Å². The minimum absolute atomic E-state index is 0.144. The number of aliphatic hydroxyl groups excluding tert-OH is 1. The zero-order valence-corrected chi connectivity index (χ0v) is 12.1. The van der Waals surface area contributed by atoms with Crippen molar-refractivity contribution in [2.75, 3.05) is 13.2 Å². The largest absolute Gasteiger partial charge is 0.396 e. The molecule has 1 aromatic carbocycles. The number of hydrogen-bond acceptors (Lipinski definition) is 3. The van der Waals surface area contributed by atoms with Gasteiger partial charge in [-0.3, -0.25) is 0 Å². The van der Waals surface area contributed by atoms with Gasteiger partial charge in [-0.15, -0.1) is 11.8 Å². The van der Waals surface area contributed by atoms with Crippen LogP contribution in [0.3, 0.4) is 0 Å². The first-order valence-corrected chi connectivity index (χ1v) is 7.26. The summed E-state index contributed by atoms with van der Waals surface area (Å²) in [5, 5.41) is 12.3. The van der Waals surface area contributed by atoms with Crippen molar-refractivity contribution >= 4 is 11.8 Å². The van der Waals surface area contributed by atoms with E-state index in [1.165, 1.54) is 11.8 Å². The lowest BCUT2D eigenvalue weighted by atomic mass is 10.1. The molecule has 0 saturated carbocycles. The summed E-state index contributed by atoms with van der Waals surface area (Å²) >= 11 is 1.47. The molecule has 102 valence electrons. The Hall–Kier alpha value is -0.580. The Kier molecular flexibility index (Phi) is 6.68. The predicted molar refractivity (Wildman–Crippen MR) is 75.5 cm³/mol. The summed E-state index contributed by atoms with van der Waals surface area (Å²) in [7, 11) is 0. The summed E-state index contributed by atoms with van der Waals surface area (Å²) < 4.78 is 13.9. The number of rotatable bonds is 7. The molecule has 1 rings (SSSR count). The molecule has 2 nitrogen and oxygen atoms in total. The van der Waals surface area contributed by atoms with E-state index in [1.54, 1.807) is 6.07 Å². The van der Waals surface area contributed by atoms with Crippen LogP contribution in [0.25, 0.3) is 0 Å². The van der Waals surface area contributed by atoms with Crippen LogP contribution in [0.5, 0.6) is 0 Å². The van der Waals surface area contributed by atoms with Gasteiger partial charge >= 0.3 is 0 Å². The van der Waals surface area contributed by atoms with Crippen molar-refractivity contribution in [3.63, 3.8) is 0 Å². The van der Waals surface area contributed by atoms with Crippen LogP contribution in [0.4, 0.5) is 4.39 Å². The highest BCUT2D eigenvalue weighted by atomic mass is 32.2. The van der Waals surface area contributed by atoms with Gasteiger partial charge in [-0.05, 0) is 37.6 Å². The van der Waals surface area contributed by atoms with Gasteiger partial charge in [0.05, 0.1) is 0 Å². The first-order valence-electron chi connectivity index (χ1n) is 6.38. The summed E-state index contributed by atoms with van der Waals surface area (Å²) in [6.45, 7) is 7.07. The van der Waals surface area contributed by atoms with Crippen LogP contribution in [0, 0.1) is 5.82 Å². The van der Waals surface area contributed by atoms with Crippen LogP contribution in [0.15, 0.2) is 23.1 Å². The standard InChI is InChI=1S/C14H22FNOS/c1-4-16-11(3)12-5-6-14(13(15)9-12)18-10(2)7-8-17/h5-6,9-11,16-17H,4,7-8H2,1-3H3. The molecule has 1 aromatic rings. The summed E-state index contributed by atoms with van der Waals surface area (Å²) in [6, 6.07) is 5.56. The quantitative estimate of drug-likeness (QED) is 0.746. The minimum atomic E-state index is -0.174. The van der Waals surface area contributed by atoms with E-state index in [1.807, 2.05) is 32.9 Å². The fraction of sp³-hybridized carbons (Fsp3) is 0.571. The molecule has 0 heterocycles. The fourth-order valence-electron chi connectivity index (χ4n) is 1.76. The fourth-order valence-corrected chi connectivity index (χ4v) is 2.74. The van der Waals surface area contributed by atoms with Crippen LogP contribution in [-0.4, -0.2) is 23.5 Å². The van der Waals surface area contributed by atoms with E-state index in [-0.39, 0.29) is 23.7 Å². The second-order valence-corrected chi connectivity index (χ2v) is 5.89. The minimum Gasteiger partial charge on any atom is -0.396 e. The summed E-state index contributed by atoms with van der Waals surface area (Å²) in [5.74, 6) is -0.174. The van der Waals surface area contributed by atoms with Gasteiger partial charge in [0.1, 0.15) is 5.82 Å². The van der Waals surface area contributed by atoms with Gasteiger partial charge in [-0.1, -0.05) is 19.9 Å². The van der Waals surface area contributed by atoms with Gasteiger partial charge < -0.3 is 10.4 Å². The zero-order valence-electron chi connectivity index (χ0n) is 11.2. The molecule has 0 amide bonds. The average molecular weight is 271 g/mol. The Morgan fingerprint density at radius 2 is 2.11 bits per heavy atom. The van der Waals surface area contributed by atoms with Crippen LogP contribution >= 0.6 is 11.8 Å². The van der Waals surface area contributed by atoms with Crippen LogP contribution in [-0.2, 0) is 0 Å². The lowest BCUT2D eigenvalue weighted by Gasteiger charge is -2.15. The van der Waals surface area contributed by atoms with Gasteiger partial charge in [0.15, 0.2) is 0 Å². The second-order valence-electron chi connectivity index (χ2n) is 4.41. The third-order valence-electron chi connectivity index (χ3n) is 2.83. The van der Waals surface area contributed by atoms with E-state index in [0.717, 1.165) is 12.1 Å². The van der Waals surface area contributed by atoms with Crippen molar-refractivity contribution in [1.29, 1.82) is 0 Å². The molecule has 0 saturated heterocycles. The van der Waals surface area contributed by atoms with Gasteiger partial charge in [0, 0.05) is 22.8 Å². The molecule has 0 spiro atoms. The summed E-state index contributed by atoms with van der Waals surface area (Å²) in [5.41, 5.74) is 0.966. The molecule has 0 fully saturated rings. The maximum Gasteiger partial charge on any atom is 0.137 e. The van der Waals surface area contributed by atoms with E-state index < -0.39 is 0 Å². The highest BCUT2D eigenvalue weighted by molar-refractivity contribution is 7.99. The van der Waals surface area contributed by atoms with Crippen molar-refractivity contribution in [3.05, 3.63) is 29.6 Å². The maximum absolute atomic E-state index is 13.9. The molecule has 2 atom stereocenters. The molecule has 0 bridgehead atoms. The molecule has 4 heteroatoms. The average Bonchev–Trinajstić information content (AvgIpc) is 2.32. The third kappa shape index (κ3) is 4.59. The Labute approximate surface area is 113 Å². The number of benzene rings is 1. The van der Waals surface area contributed by atoms with E-state index in [2.05, 4.69) is 5.32 Å². The topological polar surface area (TPSA) is 32.3 Å². The van der Waals surface area contributed by atoms with Crippen molar-refractivity contribution < 1.29 is 9.50 Å². The maximum atomic E-state index is 13.9. The third-order valence-corrected chi connectivity index (χ3v) is 4.05. The molecular formula is C14H22FNOS.